The predicted molar refractivity (Wildman–Crippen MR) is 140 cm³/mol. The highest BCUT2D eigenvalue weighted by molar-refractivity contribution is 14.0. The number of hydrogen-bond donors (Lipinski definition) is 2. The Kier molecular flexibility index (Phi) is 10.6. The second kappa shape index (κ2) is 12.6. The van der Waals surface area contributed by atoms with Crippen molar-refractivity contribution in [2.24, 2.45) is 10.9 Å². The van der Waals surface area contributed by atoms with Crippen LogP contribution in [0.15, 0.2) is 46.8 Å². The van der Waals surface area contributed by atoms with Gasteiger partial charge in [-0.2, -0.15) is 0 Å². The van der Waals surface area contributed by atoms with Crippen LogP contribution in [0.25, 0.3) is 0 Å². The maximum atomic E-state index is 4.43. The first-order valence-corrected chi connectivity index (χ1v) is 11.4. The summed E-state index contributed by atoms with van der Waals surface area (Å²) in [4.78, 5) is 10.6. The van der Waals surface area contributed by atoms with Gasteiger partial charge in [0.25, 0.3) is 0 Å². The number of rotatable bonds is 7. The highest BCUT2D eigenvalue weighted by Gasteiger charge is 2.31. The molecule has 1 aromatic heterocycles. The molecule has 7 heteroatoms. The van der Waals surface area contributed by atoms with Crippen molar-refractivity contribution in [2.75, 3.05) is 41.3 Å². The summed E-state index contributed by atoms with van der Waals surface area (Å²) >= 11 is 1.87. The molecule has 0 spiro atoms. The largest absolute Gasteiger partial charge is 0.356 e. The first-order valence-electron chi connectivity index (χ1n) is 10.5. The average molecular weight is 542 g/mol. The zero-order chi connectivity index (χ0) is 20.6. The standard InChI is InChI=1S/C23H35N5S.HI/c1-24-23(25-15-18-9-11-19(12-10-18)17-27(2)3)26-16-20-7-5-13-28(4)22(20)21-8-6-14-29-21;/h6,8-12,14,20,22H,5,7,13,15-17H2,1-4H3,(H2,24,25,26);1H. The summed E-state index contributed by atoms with van der Waals surface area (Å²) in [6.07, 6.45) is 2.51. The molecule has 0 aliphatic carbocycles. The number of thiophene rings is 1. The van der Waals surface area contributed by atoms with E-state index in [-0.39, 0.29) is 24.0 Å². The normalized spacial score (nSPS) is 20.1. The Morgan fingerprint density at radius 3 is 2.53 bits per heavy atom. The van der Waals surface area contributed by atoms with E-state index >= 15 is 0 Å². The summed E-state index contributed by atoms with van der Waals surface area (Å²) in [5.41, 5.74) is 2.60. The highest BCUT2D eigenvalue weighted by Crippen LogP contribution is 2.36. The number of likely N-dealkylation sites (tertiary alicyclic amines) is 1. The lowest BCUT2D eigenvalue weighted by molar-refractivity contribution is 0.125. The van der Waals surface area contributed by atoms with Crippen LogP contribution in [0.3, 0.4) is 0 Å². The van der Waals surface area contributed by atoms with Gasteiger partial charge in [-0.1, -0.05) is 30.3 Å². The van der Waals surface area contributed by atoms with Crippen molar-refractivity contribution in [1.82, 2.24) is 20.4 Å². The zero-order valence-electron chi connectivity index (χ0n) is 18.6. The van der Waals surface area contributed by atoms with Crippen molar-refractivity contribution in [2.45, 2.75) is 32.0 Å². The van der Waals surface area contributed by atoms with Gasteiger partial charge in [-0.05, 0) is 69.0 Å². The summed E-state index contributed by atoms with van der Waals surface area (Å²) in [7, 11) is 8.29. The molecule has 30 heavy (non-hydrogen) atoms. The van der Waals surface area contributed by atoms with Crippen molar-refractivity contribution in [3.05, 3.63) is 57.8 Å². The molecule has 166 valence electrons. The fraction of sp³-hybridized carbons (Fsp3) is 0.522. The molecule has 2 aromatic rings. The molecule has 5 nitrogen and oxygen atoms in total. The van der Waals surface area contributed by atoms with E-state index in [9.17, 15) is 0 Å². The Balaban J connectivity index is 0.00000320. The summed E-state index contributed by atoms with van der Waals surface area (Å²) in [6.45, 7) is 3.86. The molecular weight excluding hydrogens is 505 g/mol. The van der Waals surface area contributed by atoms with Crippen molar-refractivity contribution in [3.63, 3.8) is 0 Å². The third-order valence-electron chi connectivity index (χ3n) is 5.58. The first kappa shape index (κ1) is 25.1. The van der Waals surface area contributed by atoms with Crippen LogP contribution in [0.1, 0.15) is 34.9 Å². The van der Waals surface area contributed by atoms with Gasteiger partial charge in [0.1, 0.15) is 0 Å². The van der Waals surface area contributed by atoms with Crippen LogP contribution < -0.4 is 10.6 Å². The van der Waals surface area contributed by atoms with E-state index in [2.05, 4.69) is 88.3 Å². The van der Waals surface area contributed by atoms with E-state index < -0.39 is 0 Å². The number of benzene rings is 1. The van der Waals surface area contributed by atoms with Crippen LogP contribution in [0, 0.1) is 5.92 Å². The quantitative estimate of drug-likeness (QED) is 0.314. The number of piperidine rings is 1. The number of aliphatic imine (C=N–C) groups is 1. The zero-order valence-corrected chi connectivity index (χ0v) is 21.7. The third-order valence-corrected chi connectivity index (χ3v) is 6.52. The van der Waals surface area contributed by atoms with Gasteiger partial charge in [0.15, 0.2) is 5.96 Å². The first-order chi connectivity index (χ1) is 14.1. The molecular formula is C23H36IN5S. The number of hydrogen-bond acceptors (Lipinski definition) is 4. The fourth-order valence-electron chi connectivity index (χ4n) is 4.14. The van der Waals surface area contributed by atoms with Crippen molar-refractivity contribution >= 4 is 41.3 Å². The maximum Gasteiger partial charge on any atom is 0.191 e. The van der Waals surface area contributed by atoms with Gasteiger partial charge in [0.2, 0.25) is 0 Å². The second-order valence-corrected chi connectivity index (χ2v) is 9.18. The lowest BCUT2D eigenvalue weighted by atomic mass is 9.88. The Morgan fingerprint density at radius 2 is 1.90 bits per heavy atom. The molecule has 2 unspecified atom stereocenters. The van der Waals surface area contributed by atoms with Crippen molar-refractivity contribution < 1.29 is 0 Å². The van der Waals surface area contributed by atoms with Crippen LogP contribution in [-0.4, -0.2) is 57.0 Å². The van der Waals surface area contributed by atoms with Gasteiger partial charge in [-0.25, -0.2) is 0 Å². The Labute approximate surface area is 203 Å². The number of halogens is 1. The molecule has 0 saturated carbocycles. The van der Waals surface area contributed by atoms with Crippen LogP contribution >= 0.6 is 35.3 Å². The van der Waals surface area contributed by atoms with Gasteiger partial charge in [0.05, 0.1) is 0 Å². The van der Waals surface area contributed by atoms with E-state index in [1.165, 1.54) is 35.4 Å². The molecule has 0 bridgehead atoms. The van der Waals surface area contributed by atoms with Gasteiger partial charge in [-0.3, -0.25) is 9.89 Å². The molecule has 1 saturated heterocycles. The van der Waals surface area contributed by atoms with Crippen LogP contribution in [-0.2, 0) is 13.1 Å². The number of nitrogens with one attached hydrogen (secondary N) is 2. The van der Waals surface area contributed by atoms with E-state index in [4.69, 9.17) is 0 Å². The number of nitrogens with zero attached hydrogens (tertiary/aromatic N) is 3. The topological polar surface area (TPSA) is 42.9 Å². The van der Waals surface area contributed by atoms with Crippen molar-refractivity contribution in [3.8, 4) is 0 Å². The second-order valence-electron chi connectivity index (χ2n) is 8.20. The van der Waals surface area contributed by atoms with E-state index in [0.717, 1.165) is 25.6 Å². The van der Waals surface area contributed by atoms with E-state index in [0.29, 0.717) is 12.0 Å². The predicted octanol–water partition coefficient (Wildman–Crippen LogP) is 4.18. The molecule has 1 aliphatic rings. The summed E-state index contributed by atoms with van der Waals surface area (Å²) in [6, 6.07) is 13.7. The minimum atomic E-state index is 0. The lowest BCUT2D eigenvalue weighted by Crippen LogP contribution is -2.44. The summed E-state index contributed by atoms with van der Waals surface area (Å²) in [5, 5.41) is 9.22. The van der Waals surface area contributed by atoms with Crippen LogP contribution in [0.2, 0.25) is 0 Å². The molecule has 2 atom stereocenters. The third kappa shape index (κ3) is 7.21. The molecule has 1 fully saturated rings. The van der Waals surface area contributed by atoms with Gasteiger partial charge in [0, 0.05) is 37.6 Å². The molecule has 2 N–H and O–H groups in total. The molecule has 0 amide bonds. The monoisotopic (exact) mass is 541 g/mol. The fourth-order valence-corrected chi connectivity index (χ4v) is 5.13. The van der Waals surface area contributed by atoms with E-state index in [1.54, 1.807) is 0 Å². The molecule has 1 aromatic carbocycles. The highest BCUT2D eigenvalue weighted by atomic mass is 127. The summed E-state index contributed by atoms with van der Waals surface area (Å²) in [5.74, 6) is 1.47. The minimum Gasteiger partial charge on any atom is -0.356 e. The SMILES string of the molecule is CN=C(NCc1ccc(CN(C)C)cc1)NCC1CCCN(C)C1c1cccs1.I. The van der Waals surface area contributed by atoms with Gasteiger partial charge < -0.3 is 15.5 Å². The van der Waals surface area contributed by atoms with Crippen molar-refractivity contribution in [1.29, 1.82) is 0 Å². The Bertz CT molecular complexity index is 760. The Hall–Kier alpha value is -1.16. The van der Waals surface area contributed by atoms with E-state index in [1.807, 2.05) is 18.4 Å². The molecule has 2 heterocycles. The summed E-state index contributed by atoms with van der Waals surface area (Å²) < 4.78 is 0. The van der Waals surface area contributed by atoms with Crippen LogP contribution in [0.5, 0.6) is 0 Å². The average Bonchev–Trinajstić information content (AvgIpc) is 3.23. The van der Waals surface area contributed by atoms with Gasteiger partial charge >= 0.3 is 0 Å². The Morgan fingerprint density at radius 1 is 1.17 bits per heavy atom. The lowest BCUT2D eigenvalue weighted by Gasteiger charge is -2.39. The van der Waals surface area contributed by atoms with Crippen LogP contribution in [0.4, 0.5) is 0 Å². The molecule has 1 aliphatic heterocycles. The minimum absolute atomic E-state index is 0. The molecule has 0 radical (unpaired) electrons. The molecule has 3 rings (SSSR count). The smallest absolute Gasteiger partial charge is 0.191 e. The number of guanidine groups is 1. The van der Waals surface area contributed by atoms with Gasteiger partial charge in [-0.15, -0.1) is 35.3 Å². The maximum absolute atomic E-state index is 4.43.